The second-order valence-corrected chi connectivity index (χ2v) is 4.38. The number of rotatable bonds is 0. The van der Waals surface area contributed by atoms with Crippen molar-refractivity contribution in [3.8, 4) is 11.8 Å². The Labute approximate surface area is 108 Å². The molecule has 0 fully saturated rings. The molecule has 0 radical (unpaired) electrons. The number of fused-ring (bicyclic) bond motifs is 3. The Kier molecular flexibility index (Phi) is 2.29. The molecule has 0 saturated heterocycles. The summed E-state index contributed by atoms with van der Waals surface area (Å²) >= 11 is 0. The molecule has 3 aromatic rings. The van der Waals surface area contributed by atoms with E-state index in [2.05, 4.69) is 0 Å². The highest BCUT2D eigenvalue weighted by atomic mass is 16.3. The molecular formula is C15H10N2O2. The van der Waals surface area contributed by atoms with Crippen molar-refractivity contribution in [3.63, 3.8) is 0 Å². The number of para-hydroxylation sites is 1. The first kappa shape index (κ1) is 11.3. The number of nitriles is 1. The van der Waals surface area contributed by atoms with Crippen molar-refractivity contribution in [1.82, 2.24) is 0 Å². The summed E-state index contributed by atoms with van der Waals surface area (Å²) in [5, 5.41) is 28.9. The molecule has 4 heteroatoms. The van der Waals surface area contributed by atoms with Gasteiger partial charge in [-0.2, -0.15) is 5.26 Å². The van der Waals surface area contributed by atoms with Crippen LogP contribution in [0.15, 0.2) is 34.7 Å². The highest BCUT2D eigenvalue weighted by molar-refractivity contribution is 6.07. The monoisotopic (exact) mass is 250 g/mol. The van der Waals surface area contributed by atoms with Crippen molar-refractivity contribution < 1.29 is 9.52 Å². The van der Waals surface area contributed by atoms with E-state index in [4.69, 9.17) is 15.1 Å². The van der Waals surface area contributed by atoms with E-state index in [0.29, 0.717) is 11.1 Å². The van der Waals surface area contributed by atoms with Crippen molar-refractivity contribution in [1.29, 1.82) is 10.7 Å². The zero-order valence-corrected chi connectivity index (χ0v) is 10.2. The van der Waals surface area contributed by atoms with E-state index in [9.17, 15) is 5.11 Å². The Bertz CT molecular complexity index is 917. The van der Waals surface area contributed by atoms with Gasteiger partial charge in [0.2, 0.25) is 5.55 Å². The molecule has 4 nitrogen and oxygen atoms in total. The van der Waals surface area contributed by atoms with Crippen LogP contribution in [-0.4, -0.2) is 5.11 Å². The van der Waals surface area contributed by atoms with Crippen LogP contribution in [0.1, 0.15) is 11.1 Å². The van der Waals surface area contributed by atoms with Crippen molar-refractivity contribution in [2.24, 2.45) is 0 Å². The van der Waals surface area contributed by atoms with Crippen molar-refractivity contribution in [2.45, 2.75) is 6.92 Å². The summed E-state index contributed by atoms with van der Waals surface area (Å²) in [4.78, 5) is 0. The minimum absolute atomic E-state index is 0.136. The summed E-state index contributed by atoms with van der Waals surface area (Å²) in [5.74, 6) is -0.183. The van der Waals surface area contributed by atoms with E-state index in [1.807, 2.05) is 30.3 Å². The Morgan fingerprint density at radius 2 is 2.00 bits per heavy atom. The molecule has 0 amide bonds. The molecule has 0 aliphatic heterocycles. The average molecular weight is 250 g/mol. The minimum atomic E-state index is -0.183. The number of nitrogens with one attached hydrogen (secondary N) is 1. The lowest BCUT2D eigenvalue weighted by atomic mass is 9.99. The van der Waals surface area contributed by atoms with Gasteiger partial charge in [0.15, 0.2) is 0 Å². The van der Waals surface area contributed by atoms with Gasteiger partial charge in [0, 0.05) is 10.8 Å². The van der Waals surface area contributed by atoms with Gasteiger partial charge in [-0.1, -0.05) is 18.2 Å². The molecule has 0 saturated carbocycles. The maximum Gasteiger partial charge on any atom is 0.223 e. The number of nitrogens with zero attached hydrogens (tertiary/aromatic N) is 1. The normalized spacial score (nSPS) is 10.7. The molecule has 0 bridgehead atoms. The van der Waals surface area contributed by atoms with Gasteiger partial charge in [0.05, 0.1) is 10.9 Å². The zero-order valence-electron chi connectivity index (χ0n) is 10.2. The molecule has 0 aliphatic rings. The number of benzene rings is 2. The first-order chi connectivity index (χ1) is 9.13. The number of aryl methyl sites for hydroxylation is 1. The van der Waals surface area contributed by atoms with E-state index >= 15 is 0 Å². The topological polar surface area (TPSA) is 81.0 Å². The predicted molar refractivity (Wildman–Crippen MR) is 70.7 cm³/mol. The molecule has 3 rings (SSSR count). The summed E-state index contributed by atoms with van der Waals surface area (Å²) in [6, 6.07) is 11.1. The van der Waals surface area contributed by atoms with Gasteiger partial charge < -0.3 is 9.52 Å². The van der Waals surface area contributed by atoms with Crippen molar-refractivity contribution in [3.05, 3.63) is 47.0 Å². The zero-order chi connectivity index (χ0) is 13.6. The lowest BCUT2D eigenvalue weighted by Gasteiger charge is -2.08. The van der Waals surface area contributed by atoms with Crippen LogP contribution in [0.2, 0.25) is 0 Å². The fourth-order valence-electron chi connectivity index (χ4n) is 2.32. The first-order valence-corrected chi connectivity index (χ1v) is 5.76. The summed E-state index contributed by atoms with van der Waals surface area (Å²) in [6.45, 7) is 1.76. The molecule has 0 unspecified atom stereocenters. The van der Waals surface area contributed by atoms with E-state index in [-0.39, 0.29) is 22.3 Å². The van der Waals surface area contributed by atoms with E-state index in [1.54, 1.807) is 13.0 Å². The van der Waals surface area contributed by atoms with Gasteiger partial charge in [-0.25, -0.2) is 0 Å². The molecule has 2 aromatic carbocycles. The molecular weight excluding hydrogens is 240 g/mol. The first-order valence-electron chi connectivity index (χ1n) is 5.76. The minimum Gasteiger partial charge on any atom is -0.506 e. The van der Waals surface area contributed by atoms with Crippen molar-refractivity contribution in [2.75, 3.05) is 0 Å². The number of phenols is 1. The van der Waals surface area contributed by atoms with Crippen molar-refractivity contribution >= 4 is 21.7 Å². The van der Waals surface area contributed by atoms with Crippen LogP contribution in [0.3, 0.4) is 0 Å². The smallest absolute Gasteiger partial charge is 0.223 e. The van der Waals surface area contributed by atoms with Crippen LogP contribution < -0.4 is 5.55 Å². The number of hydrogen-bond donors (Lipinski definition) is 2. The highest BCUT2D eigenvalue weighted by Gasteiger charge is 2.15. The molecule has 19 heavy (non-hydrogen) atoms. The van der Waals surface area contributed by atoms with E-state index < -0.39 is 0 Å². The SMILES string of the molecule is Cc1cc2c(c(O)c1C#N)c(=N)oc1ccccc12. The molecule has 1 aromatic heterocycles. The second kappa shape index (κ2) is 3.85. The van der Waals surface area contributed by atoms with Gasteiger partial charge in [-0.3, -0.25) is 5.41 Å². The Balaban J connectivity index is 2.69. The number of phenolic OH excluding ortho intramolecular Hbond substituents is 1. The third-order valence-electron chi connectivity index (χ3n) is 3.23. The van der Waals surface area contributed by atoms with Crippen LogP contribution in [-0.2, 0) is 0 Å². The summed E-state index contributed by atoms with van der Waals surface area (Å²) in [6.07, 6.45) is 0. The molecule has 0 spiro atoms. The molecule has 0 aliphatic carbocycles. The average Bonchev–Trinajstić information content (AvgIpc) is 2.38. The van der Waals surface area contributed by atoms with Crippen LogP contribution in [0, 0.1) is 23.7 Å². The van der Waals surface area contributed by atoms with Crippen LogP contribution >= 0.6 is 0 Å². The largest absolute Gasteiger partial charge is 0.506 e. The molecule has 92 valence electrons. The predicted octanol–water partition coefficient (Wildman–Crippen LogP) is 2.95. The Morgan fingerprint density at radius 1 is 1.26 bits per heavy atom. The van der Waals surface area contributed by atoms with Gasteiger partial charge in [0.25, 0.3) is 0 Å². The third-order valence-corrected chi connectivity index (χ3v) is 3.23. The quantitative estimate of drug-likeness (QED) is 0.602. The summed E-state index contributed by atoms with van der Waals surface area (Å²) < 4.78 is 5.39. The Morgan fingerprint density at radius 3 is 2.74 bits per heavy atom. The summed E-state index contributed by atoms with van der Waals surface area (Å²) in [5.41, 5.74) is 1.32. The van der Waals surface area contributed by atoms with Gasteiger partial charge in [-0.15, -0.1) is 0 Å². The van der Waals surface area contributed by atoms with Gasteiger partial charge >= 0.3 is 0 Å². The van der Waals surface area contributed by atoms with Crippen LogP contribution in [0.25, 0.3) is 21.7 Å². The molecule has 0 atom stereocenters. The lowest BCUT2D eigenvalue weighted by molar-refractivity contribution is 0.473. The van der Waals surface area contributed by atoms with E-state index in [0.717, 1.165) is 10.8 Å². The van der Waals surface area contributed by atoms with Crippen LogP contribution in [0.5, 0.6) is 5.75 Å². The number of aromatic hydroxyl groups is 1. The highest BCUT2D eigenvalue weighted by Crippen LogP contribution is 2.32. The molecule has 1 heterocycles. The summed E-state index contributed by atoms with van der Waals surface area (Å²) in [7, 11) is 0. The standard InChI is InChI=1S/C15H10N2O2/c1-8-6-10-9-4-2-3-5-12(9)19-15(17)13(10)14(18)11(8)7-16/h2-6,17-18H,1H3. The maximum atomic E-state index is 10.2. The Hall–Kier alpha value is -2.80. The fourth-order valence-corrected chi connectivity index (χ4v) is 2.32. The fraction of sp³-hybridized carbons (Fsp3) is 0.0667. The van der Waals surface area contributed by atoms with Gasteiger partial charge in [-0.05, 0) is 24.6 Å². The van der Waals surface area contributed by atoms with E-state index in [1.165, 1.54) is 0 Å². The third kappa shape index (κ3) is 1.49. The number of hydrogen-bond acceptors (Lipinski definition) is 4. The molecule has 2 N–H and O–H groups in total. The van der Waals surface area contributed by atoms with Gasteiger partial charge in [0.1, 0.15) is 17.4 Å². The lowest BCUT2D eigenvalue weighted by Crippen LogP contribution is -2.02. The van der Waals surface area contributed by atoms with Crippen LogP contribution in [0.4, 0.5) is 0 Å². The maximum absolute atomic E-state index is 10.2. The second-order valence-electron chi connectivity index (χ2n) is 4.38.